The molecule has 0 spiro atoms. The zero-order chi connectivity index (χ0) is 20.7. The second-order valence-electron chi connectivity index (χ2n) is 7.03. The summed E-state index contributed by atoms with van der Waals surface area (Å²) < 4.78 is 27.3. The summed E-state index contributed by atoms with van der Waals surface area (Å²) in [6, 6.07) is 14.2. The predicted molar refractivity (Wildman–Crippen MR) is 113 cm³/mol. The van der Waals surface area contributed by atoms with Crippen molar-refractivity contribution in [2.24, 2.45) is 0 Å². The molecule has 0 aliphatic carbocycles. The predicted octanol–water partition coefficient (Wildman–Crippen LogP) is 4.00. The summed E-state index contributed by atoms with van der Waals surface area (Å²) in [5.41, 5.74) is 3.75. The molecule has 2 aromatic rings. The number of benzene rings is 2. The largest absolute Gasteiger partial charge is 0.376 e. The number of aryl methyl sites for hydroxylation is 2. The van der Waals surface area contributed by atoms with Crippen LogP contribution in [-0.4, -0.2) is 30.9 Å². The lowest BCUT2D eigenvalue weighted by Gasteiger charge is -2.19. The third kappa shape index (κ3) is 6.07. The number of allylic oxidation sites excluding steroid dienone is 1. The Morgan fingerprint density at radius 2 is 1.79 bits per heavy atom. The maximum atomic E-state index is 13.0. The lowest BCUT2D eigenvalue weighted by Crippen LogP contribution is -2.32. The Morgan fingerprint density at radius 3 is 2.39 bits per heavy atom. The van der Waals surface area contributed by atoms with Crippen LogP contribution in [0.5, 0.6) is 0 Å². The van der Waals surface area contributed by atoms with Crippen LogP contribution in [0.15, 0.2) is 65.1 Å². The fraction of sp³-hybridized carbons (Fsp3) is 0.304. The molecule has 0 amide bonds. The van der Waals surface area contributed by atoms with E-state index in [1.807, 2.05) is 52.0 Å². The van der Waals surface area contributed by atoms with Gasteiger partial charge in [0.2, 0.25) is 10.0 Å². The van der Waals surface area contributed by atoms with E-state index >= 15 is 0 Å². The third-order valence-corrected chi connectivity index (χ3v) is 6.04. The van der Waals surface area contributed by atoms with Gasteiger partial charge >= 0.3 is 0 Å². The van der Waals surface area contributed by atoms with E-state index in [0.717, 1.165) is 16.7 Å². The highest BCUT2D eigenvalue weighted by molar-refractivity contribution is 7.89. The Kier molecular flexibility index (Phi) is 7.59. The van der Waals surface area contributed by atoms with Gasteiger partial charge in [-0.3, -0.25) is 0 Å². The Morgan fingerprint density at radius 1 is 1.11 bits per heavy atom. The quantitative estimate of drug-likeness (QED) is 0.592. The number of nitrogens with zero attached hydrogens (tertiary/aromatic N) is 1. The van der Waals surface area contributed by atoms with Crippen LogP contribution in [0.4, 0.5) is 0 Å². The van der Waals surface area contributed by atoms with Crippen molar-refractivity contribution >= 4 is 10.0 Å². The molecule has 4 nitrogen and oxygen atoms in total. The Balaban J connectivity index is 2.24. The van der Waals surface area contributed by atoms with Crippen LogP contribution in [0, 0.1) is 25.7 Å². The smallest absolute Gasteiger partial charge is 0.244 e. The summed E-state index contributed by atoms with van der Waals surface area (Å²) in [7, 11) is -3.68. The van der Waals surface area contributed by atoms with Gasteiger partial charge in [0.25, 0.3) is 0 Å². The topological polar surface area (TPSA) is 57.6 Å². The van der Waals surface area contributed by atoms with Gasteiger partial charge in [0.05, 0.1) is 11.4 Å². The van der Waals surface area contributed by atoms with E-state index in [0.29, 0.717) is 5.56 Å². The molecule has 0 fully saturated rings. The van der Waals surface area contributed by atoms with Crippen LogP contribution in [0.2, 0.25) is 0 Å². The fourth-order valence-corrected chi connectivity index (χ4v) is 3.83. The molecule has 0 heterocycles. The molecule has 0 aliphatic rings. The Labute approximate surface area is 168 Å². The van der Waals surface area contributed by atoms with E-state index < -0.39 is 16.1 Å². The molecule has 5 heteroatoms. The summed E-state index contributed by atoms with van der Waals surface area (Å²) >= 11 is 0. The lowest BCUT2D eigenvalue weighted by atomic mass is 10.1. The summed E-state index contributed by atoms with van der Waals surface area (Å²) in [6.45, 7) is 7.93. The molecule has 148 valence electrons. The minimum atomic E-state index is -3.68. The lowest BCUT2D eigenvalue weighted by molar-refractivity contribution is 0.238. The molecule has 0 radical (unpaired) electrons. The van der Waals surface area contributed by atoms with Crippen molar-refractivity contribution in [2.75, 3.05) is 13.1 Å². The average molecular weight is 398 g/mol. The molecule has 0 saturated heterocycles. The molecule has 2 rings (SSSR count). The highest BCUT2D eigenvalue weighted by Gasteiger charge is 2.22. The fourth-order valence-electron chi connectivity index (χ4n) is 2.55. The minimum Gasteiger partial charge on any atom is -0.376 e. The summed E-state index contributed by atoms with van der Waals surface area (Å²) in [6.07, 6.45) is 0.900. The first-order valence-corrected chi connectivity index (χ1v) is 10.6. The van der Waals surface area contributed by atoms with Crippen molar-refractivity contribution in [1.29, 1.82) is 0 Å². The van der Waals surface area contributed by atoms with Gasteiger partial charge in [-0.1, -0.05) is 71.0 Å². The second kappa shape index (κ2) is 9.70. The monoisotopic (exact) mass is 397 g/mol. The number of sulfonamides is 1. The van der Waals surface area contributed by atoms with Crippen LogP contribution < -0.4 is 0 Å². The average Bonchev–Trinajstić information content (AvgIpc) is 2.64. The summed E-state index contributed by atoms with van der Waals surface area (Å²) in [5.74, 6) is 5.59. The highest BCUT2D eigenvalue weighted by atomic mass is 32.2. The van der Waals surface area contributed by atoms with Gasteiger partial charge in [-0.25, -0.2) is 8.42 Å². The number of aliphatic hydroxyl groups excluding tert-OH is 1. The van der Waals surface area contributed by atoms with Crippen LogP contribution in [-0.2, 0) is 10.0 Å². The summed E-state index contributed by atoms with van der Waals surface area (Å²) in [4.78, 5) is 0.237. The molecule has 1 N–H and O–H groups in total. The molecule has 1 atom stereocenters. The van der Waals surface area contributed by atoms with Gasteiger partial charge in [-0.05, 0) is 45.4 Å². The van der Waals surface area contributed by atoms with Crippen LogP contribution in [0.3, 0.4) is 0 Å². The molecule has 1 unspecified atom stereocenters. The summed E-state index contributed by atoms with van der Waals surface area (Å²) in [5, 5.41) is 10.3. The minimum absolute atomic E-state index is 0.00284. The van der Waals surface area contributed by atoms with E-state index in [9.17, 15) is 13.5 Å². The normalized spacial score (nSPS) is 12.2. The molecule has 0 aromatic heterocycles. The maximum Gasteiger partial charge on any atom is 0.244 e. The van der Waals surface area contributed by atoms with Crippen LogP contribution >= 0.6 is 0 Å². The van der Waals surface area contributed by atoms with Crippen LogP contribution in [0.1, 0.15) is 36.6 Å². The first kappa shape index (κ1) is 21.9. The Bertz CT molecular complexity index is 992. The molecule has 0 aliphatic heterocycles. The van der Waals surface area contributed by atoms with Gasteiger partial charge in [0.1, 0.15) is 6.10 Å². The number of aliphatic hydroxyl groups is 1. The molecular formula is C23H27NO3S. The van der Waals surface area contributed by atoms with Gasteiger partial charge in [0, 0.05) is 6.54 Å². The molecular weight excluding hydrogens is 370 g/mol. The molecule has 0 saturated carbocycles. The second-order valence-corrected chi connectivity index (χ2v) is 8.97. The SMILES string of the molecule is CC(C)=CCN(CC#CC(O)c1cccc(C)c1)S(=O)(=O)c1ccc(C)cc1. The number of rotatable bonds is 6. The third-order valence-electron chi connectivity index (χ3n) is 4.21. The van der Waals surface area contributed by atoms with Gasteiger partial charge in [-0.2, -0.15) is 4.31 Å². The van der Waals surface area contributed by atoms with Crippen molar-refractivity contribution in [1.82, 2.24) is 4.31 Å². The van der Waals surface area contributed by atoms with E-state index in [-0.39, 0.29) is 18.0 Å². The van der Waals surface area contributed by atoms with Crippen molar-refractivity contribution in [3.63, 3.8) is 0 Å². The van der Waals surface area contributed by atoms with Crippen molar-refractivity contribution in [3.8, 4) is 11.8 Å². The number of hydrogen-bond donors (Lipinski definition) is 1. The van der Waals surface area contributed by atoms with Gasteiger partial charge in [-0.15, -0.1) is 0 Å². The van der Waals surface area contributed by atoms with Gasteiger partial charge < -0.3 is 5.11 Å². The van der Waals surface area contributed by atoms with E-state index in [2.05, 4.69) is 11.8 Å². The van der Waals surface area contributed by atoms with Crippen LogP contribution in [0.25, 0.3) is 0 Å². The van der Waals surface area contributed by atoms with Crippen molar-refractivity contribution in [3.05, 3.63) is 76.9 Å². The van der Waals surface area contributed by atoms with E-state index in [4.69, 9.17) is 0 Å². The molecule has 2 aromatic carbocycles. The van der Waals surface area contributed by atoms with E-state index in [1.54, 1.807) is 30.3 Å². The van der Waals surface area contributed by atoms with E-state index in [1.165, 1.54) is 4.31 Å². The van der Waals surface area contributed by atoms with Crippen molar-refractivity contribution in [2.45, 2.75) is 38.7 Å². The maximum absolute atomic E-state index is 13.0. The standard InChI is InChI=1S/C23H27NO3S/c1-18(2)14-16-24(28(26,27)22-12-10-19(3)11-13-22)15-6-9-23(25)21-8-5-7-20(4)17-21/h5,7-8,10-14,17,23,25H,15-16H2,1-4H3. The first-order valence-electron chi connectivity index (χ1n) is 9.13. The molecule has 0 bridgehead atoms. The van der Waals surface area contributed by atoms with Gasteiger partial charge in [0.15, 0.2) is 0 Å². The zero-order valence-corrected chi connectivity index (χ0v) is 17.6. The van der Waals surface area contributed by atoms with Crippen molar-refractivity contribution < 1.29 is 13.5 Å². The first-order chi connectivity index (χ1) is 13.2. The number of hydrogen-bond acceptors (Lipinski definition) is 3. The highest BCUT2D eigenvalue weighted by Crippen LogP contribution is 2.17. The zero-order valence-electron chi connectivity index (χ0n) is 16.8. The Hall–Kier alpha value is -2.39. The molecule has 28 heavy (non-hydrogen) atoms.